The second-order valence-electron chi connectivity index (χ2n) is 6.85. The Morgan fingerprint density at radius 3 is 2.63 bits per heavy atom. The number of nitrogens with one attached hydrogen (secondary N) is 2. The smallest absolute Gasteiger partial charge is 0.0456 e. The summed E-state index contributed by atoms with van der Waals surface area (Å²) in [6.07, 6.45) is 3.16. The lowest BCUT2D eigenvalue weighted by atomic mass is 10.1. The molecule has 1 aromatic heterocycles. The highest BCUT2D eigenvalue weighted by atomic mass is 32.2. The van der Waals surface area contributed by atoms with Gasteiger partial charge < -0.3 is 10.3 Å². The molecule has 2 nitrogen and oxygen atoms in total. The van der Waals surface area contributed by atoms with Crippen LogP contribution in [0.15, 0.2) is 88.8 Å². The van der Waals surface area contributed by atoms with E-state index in [-0.39, 0.29) is 0 Å². The Labute approximate surface area is 165 Å². The van der Waals surface area contributed by atoms with E-state index in [1.807, 2.05) is 11.8 Å². The highest BCUT2D eigenvalue weighted by Crippen LogP contribution is 2.28. The molecule has 0 saturated heterocycles. The van der Waals surface area contributed by atoms with Crippen molar-refractivity contribution in [2.75, 3.05) is 6.54 Å². The second-order valence-corrected chi connectivity index (χ2v) is 8.00. The van der Waals surface area contributed by atoms with Crippen LogP contribution in [0.3, 0.4) is 0 Å². The van der Waals surface area contributed by atoms with Crippen molar-refractivity contribution in [3.05, 3.63) is 95.7 Å². The van der Waals surface area contributed by atoms with Crippen molar-refractivity contribution in [2.24, 2.45) is 0 Å². The Morgan fingerprint density at radius 1 is 0.889 bits per heavy atom. The molecule has 0 saturated carbocycles. The lowest BCUT2D eigenvalue weighted by Gasteiger charge is -2.07. The number of hydrogen-bond donors (Lipinski definition) is 2. The number of aryl methyl sites for hydroxylation is 1. The van der Waals surface area contributed by atoms with Crippen molar-refractivity contribution in [2.45, 2.75) is 29.7 Å². The molecule has 0 atom stereocenters. The van der Waals surface area contributed by atoms with Gasteiger partial charge in [0.05, 0.1) is 0 Å². The minimum absolute atomic E-state index is 0.894. The molecule has 27 heavy (non-hydrogen) atoms. The van der Waals surface area contributed by atoms with E-state index in [1.54, 1.807) is 0 Å². The zero-order chi connectivity index (χ0) is 18.5. The maximum absolute atomic E-state index is 3.58. The first-order chi connectivity index (χ1) is 13.3. The van der Waals surface area contributed by atoms with Crippen LogP contribution >= 0.6 is 11.8 Å². The fraction of sp³-hybridized carbons (Fsp3) is 0.167. The molecular formula is C24H24N2S. The lowest BCUT2D eigenvalue weighted by molar-refractivity contribution is 0.687. The van der Waals surface area contributed by atoms with Crippen molar-refractivity contribution in [1.29, 1.82) is 0 Å². The quantitative estimate of drug-likeness (QED) is 0.392. The fourth-order valence-electron chi connectivity index (χ4n) is 3.26. The maximum atomic E-state index is 3.58. The maximum Gasteiger partial charge on any atom is 0.0456 e. The Morgan fingerprint density at radius 2 is 1.74 bits per heavy atom. The monoisotopic (exact) mass is 372 g/mol. The first kappa shape index (κ1) is 17.9. The molecule has 3 aromatic carbocycles. The molecule has 0 bridgehead atoms. The zero-order valence-electron chi connectivity index (χ0n) is 15.5. The average molecular weight is 373 g/mol. The third-order valence-corrected chi connectivity index (χ3v) is 5.73. The van der Waals surface area contributed by atoms with Gasteiger partial charge in [-0.2, -0.15) is 0 Å². The van der Waals surface area contributed by atoms with E-state index in [1.165, 1.54) is 37.4 Å². The third kappa shape index (κ3) is 4.62. The van der Waals surface area contributed by atoms with Crippen LogP contribution in [0.4, 0.5) is 0 Å². The average Bonchev–Trinajstić information content (AvgIpc) is 3.11. The molecule has 0 aliphatic heterocycles. The van der Waals surface area contributed by atoms with E-state index in [0.717, 1.165) is 19.5 Å². The van der Waals surface area contributed by atoms with Gasteiger partial charge in [-0.15, -0.1) is 0 Å². The van der Waals surface area contributed by atoms with Crippen molar-refractivity contribution in [3.63, 3.8) is 0 Å². The van der Waals surface area contributed by atoms with Crippen LogP contribution in [0.2, 0.25) is 0 Å². The summed E-state index contributed by atoms with van der Waals surface area (Å²) in [4.78, 5) is 5.92. The summed E-state index contributed by atoms with van der Waals surface area (Å²) in [5.74, 6) is 0. The SMILES string of the molecule is Cc1ccc(Sc2cccc(CNCCc3c[nH]c4ccccc34)c2)cc1. The summed E-state index contributed by atoms with van der Waals surface area (Å²) in [7, 11) is 0. The summed E-state index contributed by atoms with van der Waals surface area (Å²) in [6, 6.07) is 26.0. The highest BCUT2D eigenvalue weighted by molar-refractivity contribution is 7.99. The molecule has 0 aliphatic rings. The Kier molecular flexibility index (Phi) is 5.61. The molecular weight excluding hydrogens is 348 g/mol. The van der Waals surface area contributed by atoms with Gasteiger partial charge in [-0.25, -0.2) is 0 Å². The number of rotatable bonds is 7. The Hall–Kier alpha value is -2.49. The van der Waals surface area contributed by atoms with Gasteiger partial charge in [-0.3, -0.25) is 0 Å². The summed E-state index contributed by atoms with van der Waals surface area (Å²) in [5.41, 5.74) is 5.22. The third-order valence-electron chi connectivity index (χ3n) is 4.73. The molecule has 136 valence electrons. The molecule has 0 spiro atoms. The number of para-hydroxylation sites is 1. The van der Waals surface area contributed by atoms with Crippen LogP contribution < -0.4 is 5.32 Å². The van der Waals surface area contributed by atoms with Gasteiger partial charge >= 0.3 is 0 Å². The van der Waals surface area contributed by atoms with Crippen molar-refractivity contribution in [3.8, 4) is 0 Å². The minimum Gasteiger partial charge on any atom is -0.361 e. The van der Waals surface area contributed by atoms with E-state index >= 15 is 0 Å². The van der Waals surface area contributed by atoms with E-state index in [9.17, 15) is 0 Å². The lowest BCUT2D eigenvalue weighted by Crippen LogP contribution is -2.16. The number of fused-ring (bicyclic) bond motifs is 1. The summed E-state index contributed by atoms with van der Waals surface area (Å²) < 4.78 is 0. The highest BCUT2D eigenvalue weighted by Gasteiger charge is 2.03. The molecule has 2 N–H and O–H groups in total. The van der Waals surface area contributed by atoms with Gasteiger partial charge in [0.25, 0.3) is 0 Å². The number of H-pyrrole nitrogens is 1. The predicted molar refractivity (Wildman–Crippen MR) is 115 cm³/mol. The molecule has 4 aromatic rings. The van der Waals surface area contributed by atoms with Gasteiger partial charge in [0.2, 0.25) is 0 Å². The van der Waals surface area contributed by atoms with Gasteiger partial charge in [0.1, 0.15) is 0 Å². The van der Waals surface area contributed by atoms with Gasteiger partial charge in [-0.05, 0) is 61.3 Å². The molecule has 0 fully saturated rings. The van der Waals surface area contributed by atoms with E-state index in [0.29, 0.717) is 0 Å². The molecule has 0 radical (unpaired) electrons. The van der Waals surface area contributed by atoms with Crippen LogP contribution in [0, 0.1) is 6.92 Å². The van der Waals surface area contributed by atoms with Gasteiger partial charge in [0.15, 0.2) is 0 Å². The van der Waals surface area contributed by atoms with Crippen LogP contribution in [0.5, 0.6) is 0 Å². The van der Waals surface area contributed by atoms with Crippen LogP contribution in [0.25, 0.3) is 10.9 Å². The first-order valence-electron chi connectivity index (χ1n) is 9.37. The molecule has 4 rings (SSSR count). The predicted octanol–water partition coefficient (Wildman–Crippen LogP) is 5.96. The summed E-state index contributed by atoms with van der Waals surface area (Å²) in [5, 5.41) is 4.91. The van der Waals surface area contributed by atoms with E-state index in [2.05, 4.69) is 96.2 Å². The standard InChI is InChI=1S/C24H24N2S/c1-18-9-11-21(12-10-18)27-22-6-4-5-19(15-22)16-25-14-13-20-17-26-24-8-3-2-7-23(20)24/h2-12,15,17,25-26H,13-14,16H2,1H3. The fourth-order valence-corrected chi connectivity index (χ4v) is 4.16. The van der Waals surface area contributed by atoms with Crippen molar-refractivity contribution < 1.29 is 0 Å². The summed E-state index contributed by atoms with van der Waals surface area (Å²) in [6.45, 7) is 3.98. The normalized spacial score (nSPS) is 11.1. The molecule has 0 aliphatic carbocycles. The minimum atomic E-state index is 0.894. The number of aromatic nitrogens is 1. The number of benzene rings is 3. The molecule has 0 amide bonds. The Bertz CT molecular complexity index is 1020. The van der Waals surface area contributed by atoms with E-state index < -0.39 is 0 Å². The van der Waals surface area contributed by atoms with Crippen molar-refractivity contribution >= 4 is 22.7 Å². The molecule has 0 unspecified atom stereocenters. The first-order valence-corrected chi connectivity index (χ1v) is 10.2. The van der Waals surface area contributed by atoms with Crippen LogP contribution in [0.1, 0.15) is 16.7 Å². The topological polar surface area (TPSA) is 27.8 Å². The van der Waals surface area contributed by atoms with Crippen LogP contribution in [-0.4, -0.2) is 11.5 Å². The van der Waals surface area contributed by atoms with Crippen LogP contribution in [-0.2, 0) is 13.0 Å². The largest absolute Gasteiger partial charge is 0.361 e. The molecule has 3 heteroatoms. The van der Waals surface area contributed by atoms with Gasteiger partial charge in [-0.1, -0.05) is 59.8 Å². The second kappa shape index (κ2) is 8.47. The summed E-state index contributed by atoms with van der Waals surface area (Å²) >= 11 is 1.82. The number of aromatic amines is 1. The van der Waals surface area contributed by atoms with E-state index in [4.69, 9.17) is 0 Å². The number of hydrogen-bond acceptors (Lipinski definition) is 2. The molecule has 1 heterocycles. The van der Waals surface area contributed by atoms with Crippen molar-refractivity contribution in [1.82, 2.24) is 10.3 Å². The van der Waals surface area contributed by atoms with Gasteiger partial charge in [0, 0.05) is 33.4 Å². The zero-order valence-corrected chi connectivity index (χ0v) is 16.4. The Balaban J connectivity index is 1.31.